The Morgan fingerprint density at radius 1 is 0.792 bits per heavy atom. The minimum absolute atomic E-state index is 0.0504. The number of carbonyl (C=O) groups excluding carboxylic acids is 2. The molecule has 0 aromatic heterocycles. The molecule has 126 valence electrons. The Hall–Kier alpha value is -1.17. The highest BCUT2D eigenvalue weighted by Crippen LogP contribution is 2.37. The van der Waals surface area contributed by atoms with Gasteiger partial charge in [-0.3, -0.25) is 4.79 Å². The van der Waals surface area contributed by atoms with Crippen molar-refractivity contribution >= 4 is 69.2 Å². The summed E-state index contributed by atoms with van der Waals surface area (Å²) in [5.74, 6) is -0.681. The molecule has 0 aliphatic carbocycles. The molecule has 0 heterocycles. The van der Waals surface area contributed by atoms with Gasteiger partial charge in [0, 0.05) is 5.56 Å². The van der Waals surface area contributed by atoms with Crippen LogP contribution in [0.2, 0.25) is 20.1 Å². The third kappa shape index (κ3) is 4.08. The normalized spacial score (nSPS) is 10.4. The number of carbonyl (C=O) groups is 2. The summed E-state index contributed by atoms with van der Waals surface area (Å²) < 4.78 is 10.2. The minimum Gasteiger partial charge on any atom is -0.494 e. The molecule has 0 aliphatic rings. The van der Waals surface area contributed by atoms with Gasteiger partial charge in [0.05, 0.1) is 32.8 Å². The van der Waals surface area contributed by atoms with Crippen LogP contribution >= 0.6 is 58.0 Å². The molecule has 0 fully saturated rings. The summed E-state index contributed by atoms with van der Waals surface area (Å²) in [5, 5.41) is -0.573. The molecular formula is C15H7Cl5O4. The number of esters is 1. The molecule has 0 saturated heterocycles. The molecule has 0 atom stereocenters. The zero-order chi connectivity index (χ0) is 18.0. The molecule has 0 bridgehead atoms. The maximum Gasteiger partial charge on any atom is 0.343 e. The van der Waals surface area contributed by atoms with Gasteiger partial charge in [-0.05, 0) is 35.9 Å². The molecule has 9 heteroatoms. The van der Waals surface area contributed by atoms with Crippen molar-refractivity contribution in [3.8, 4) is 11.5 Å². The Bertz CT molecular complexity index is 789. The second-order valence-corrected chi connectivity index (χ2v) is 6.38. The third-order valence-electron chi connectivity index (χ3n) is 2.86. The monoisotopic (exact) mass is 426 g/mol. The molecule has 4 nitrogen and oxygen atoms in total. The van der Waals surface area contributed by atoms with E-state index in [1.165, 1.54) is 31.4 Å². The van der Waals surface area contributed by atoms with Crippen molar-refractivity contribution in [3.63, 3.8) is 0 Å². The van der Waals surface area contributed by atoms with E-state index in [0.29, 0.717) is 0 Å². The van der Waals surface area contributed by atoms with E-state index in [1.807, 2.05) is 0 Å². The SMILES string of the molecule is COc1c(Cl)cc(C(=O)Oc2c(Cl)cc(C(=O)Cl)cc2Cl)cc1Cl. The molecule has 2 aromatic carbocycles. The van der Waals surface area contributed by atoms with Gasteiger partial charge >= 0.3 is 5.97 Å². The lowest BCUT2D eigenvalue weighted by Crippen LogP contribution is -2.10. The lowest BCUT2D eigenvalue weighted by atomic mass is 10.2. The molecule has 0 aliphatic heterocycles. The Balaban J connectivity index is 2.35. The predicted molar refractivity (Wildman–Crippen MR) is 94.6 cm³/mol. The first-order chi connectivity index (χ1) is 11.2. The molecule has 0 N–H and O–H groups in total. The predicted octanol–water partition coefficient (Wildman–Crippen LogP) is 5.91. The molecule has 0 spiro atoms. The van der Waals surface area contributed by atoms with Gasteiger partial charge in [-0.2, -0.15) is 0 Å². The minimum atomic E-state index is -0.796. The first-order valence-corrected chi connectivity index (χ1v) is 8.07. The van der Waals surface area contributed by atoms with Gasteiger partial charge in [-0.15, -0.1) is 0 Å². The van der Waals surface area contributed by atoms with Crippen LogP contribution in [0.1, 0.15) is 20.7 Å². The highest BCUT2D eigenvalue weighted by molar-refractivity contribution is 6.68. The van der Waals surface area contributed by atoms with Crippen LogP contribution in [0.15, 0.2) is 24.3 Å². The van der Waals surface area contributed by atoms with Gasteiger partial charge in [-0.1, -0.05) is 46.4 Å². The van der Waals surface area contributed by atoms with Crippen molar-refractivity contribution in [1.29, 1.82) is 0 Å². The molecular weight excluding hydrogens is 421 g/mol. The highest BCUT2D eigenvalue weighted by Gasteiger charge is 2.19. The van der Waals surface area contributed by atoms with Crippen LogP contribution in [0, 0.1) is 0 Å². The van der Waals surface area contributed by atoms with Gasteiger partial charge in [0.25, 0.3) is 5.24 Å². The van der Waals surface area contributed by atoms with Crippen molar-refractivity contribution in [1.82, 2.24) is 0 Å². The standard InChI is InChI=1S/C15H7Cl5O4/c1-23-12-8(16)4-7(5-9(12)17)15(22)24-13-10(18)2-6(14(20)21)3-11(13)19/h2-5H,1H3. The summed E-state index contributed by atoms with van der Waals surface area (Å²) in [7, 11) is 1.39. The zero-order valence-electron chi connectivity index (χ0n) is 11.8. The van der Waals surface area contributed by atoms with Crippen LogP contribution < -0.4 is 9.47 Å². The molecule has 0 amide bonds. The fourth-order valence-corrected chi connectivity index (χ4v) is 3.11. The molecule has 0 unspecified atom stereocenters. The Kier molecular flexibility index (Phi) is 6.23. The average Bonchev–Trinajstić information content (AvgIpc) is 2.49. The van der Waals surface area contributed by atoms with E-state index < -0.39 is 11.2 Å². The van der Waals surface area contributed by atoms with Crippen LogP contribution in [0.3, 0.4) is 0 Å². The van der Waals surface area contributed by atoms with Crippen molar-refractivity contribution < 1.29 is 19.1 Å². The van der Waals surface area contributed by atoms with E-state index in [4.69, 9.17) is 67.5 Å². The van der Waals surface area contributed by atoms with E-state index >= 15 is 0 Å². The molecule has 2 rings (SSSR count). The van der Waals surface area contributed by atoms with Gasteiger partial charge in [-0.25, -0.2) is 4.79 Å². The highest BCUT2D eigenvalue weighted by atomic mass is 35.5. The van der Waals surface area contributed by atoms with Crippen molar-refractivity contribution in [2.24, 2.45) is 0 Å². The molecule has 0 saturated carbocycles. The van der Waals surface area contributed by atoms with Crippen LogP contribution in [0.5, 0.6) is 11.5 Å². The second-order valence-electron chi connectivity index (χ2n) is 4.41. The van der Waals surface area contributed by atoms with E-state index in [9.17, 15) is 9.59 Å². The largest absolute Gasteiger partial charge is 0.494 e. The Morgan fingerprint density at radius 3 is 1.62 bits per heavy atom. The van der Waals surface area contributed by atoms with E-state index in [2.05, 4.69) is 0 Å². The lowest BCUT2D eigenvalue weighted by Gasteiger charge is -2.11. The topological polar surface area (TPSA) is 52.6 Å². The van der Waals surface area contributed by atoms with Crippen molar-refractivity contribution in [2.75, 3.05) is 7.11 Å². The number of methoxy groups -OCH3 is 1. The molecule has 24 heavy (non-hydrogen) atoms. The zero-order valence-corrected chi connectivity index (χ0v) is 15.6. The summed E-state index contributed by atoms with van der Waals surface area (Å²) in [5.41, 5.74) is 0.137. The van der Waals surface area contributed by atoms with E-state index in [0.717, 1.165) is 0 Å². The number of benzene rings is 2. The van der Waals surface area contributed by atoms with Gasteiger partial charge in [0.15, 0.2) is 11.5 Å². The lowest BCUT2D eigenvalue weighted by molar-refractivity contribution is 0.0735. The fourth-order valence-electron chi connectivity index (χ4n) is 1.80. The molecule has 2 aromatic rings. The van der Waals surface area contributed by atoms with Gasteiger partial charge < -0.3 is 9.47 Å². The number of hydrogen-bond donors (Lipinski definition) is 0. The quantitative estimate of drug-likeness (QED) is 0.345. The Morgan fingerprint density at radius 2 is 1.21 bits per heavy atom. The summed E-state index contributed by atoms with van der Waals surface area (Å²) in [6.45, 7) is 0. The van der Waals surface area contributed by atoms with E-state index in [1.54, 1.807) is 0 Å². The van der Waals surface area contributed by atoms with Crippen molar-refractivity contribution in [2.45, 2.75) is 0 Å². The smallest absolute Gasteiger partial charge is 0.343 e. The van der Waals surface area contributed by atoms with Crippen molar-refractivity contribution in [3.05, 3.63) is 55.5 Å². The second kappa shape index (κ2) is 7.81. The fraction of sp³-hybridized carbons (Fsp3) is 0.0667. The maximum absolute atomic E-state index is 12.3. The van der Waals surface area contributed by atoms with Gasteiger partial charge in [0.1, 0.15) is 0 Å². The first kappa shape index (κ1) is 19.2. The number of ether oxygens (including phenoxy) is 2. The van der Waals surface area contributed by atoms with Crippen LogP contribution in [-0.4, -0.2) is 18.3 Å². The van der Waals surface area contributed by atoms with Crippen LogP contribution in [0.4, 0.5) is 0 Å². The number of hydrogen-bond acceptors (Lipinski definition) is 4. The molecule has 0 radical (unpaired) electrons. The van der Waals surface area contributed by atoms with Crippen LogP contribution in [-0.2, 0) is 0 Å². The van der Waals surface area contributed by atoms with Gasteiger partial charge in [0.2, 0.25) is 0 Å². The number of rotatable bonds is 4. The van der Waals surface area contributed by atoms with Crippen LogP contribution in [0.25, 0.3) is 0 Å². The Labute approximate surface area is 162 Å². The third-order valence-corrected chi connectivity index (χ3v) is 4.20. The number of halogens is 5. The summed E-state index contributed by atoms with van der Waals surface area (Å²) in [4.78, 5) is 23.4. The summed E-state index contributed by atoms with van der Waals surface area (Å²) in [6.07, 6.45) is 0. The maximum atomic E-state index is 12.3. The summed E-state index contributed by atoms with van der Waals surface area (Å²) >= 11 is 29.3. The average molecular weight is 428 g/mol. The summed E-state index contributed by atoms with van der Waals surface area (Å²) in [6, 6.07) is 5.12. The van der Waals surface area contributed by atoms with E-state index in [-0.39, 0.29) is 42.7 Å². The first-order valence-electron chi connectivity index (χ1n) is 6.18.